The van der Waals surface area contributed by atoms with Crippen molar-refractivity contribution in [1.82, 2.24) is 9.88 Å². The van der Waals surface area contributed by atoms with Crippen molar-refractivity contribution in [1.29, 1.82) is 0 Å². The van der Waals surface area contributed by atoms with Gasteiger partial charge in [-0.05, 0) is 29.2 Å². The maximum absolute atomic E-state index is 14.0. The fourth-order valence-corrected chi connectivity index (χ4v) is 3.29. The van der Waals surface area contributed by atoms with E-state index in [1.54, 1.807) is 0 Å². The first-order chi connectivity index (χ1) is 12.6. The molecule has 10 heteroatoms. The van der Waals surface area contributed by atoms with E-state index in [-0.39, 0.29) is 30.6 Å². The van der Waals surface area contributed by atoms with E-state index in [1.807, 2.05) is 6.92 Å². The van der Waals surface area contributed by atoms with E-state index in [9.17, 15) is 27.2 Å². The Morgan fingerprint density at radius 1 is 1.33 bits per heavy atom. The van der Waals surface area contributed by atoms with Crippen LogP contribution in [0.15, 0.2) is 29.2 Å². The predicted molar refractivity (Wildman–Crippen MR) is 91.3 cm³/mol. The smallest absolute Gasteiger partial charge is 0.329 e. The summed E-state index contributed by atoms with van der Waals surface area (Å²) in [4.78, 5) is 27.8. The highest BCUT2D eigenvalue weighted by Gasteiger charge is 2.34. The molecule has 1 aliphatic heterocycles. The zero-order chi connectivity index (χ0) is 19.9. The number of aromatic nitrogens is 1. The highest BCUT2D eigenvalue weighted by atomic mass is 35.5. The van der Waals surface area contributed by atoms with Crippen LogP contribution in [0, 0.1) is 5.82 Å². The molecule has 0 saturated carbocycles. The van der Waals surface area contributed by atoms with Crippen LogP contribution in [0.1, 0.15) is 29.5 Å². The number of halogens is 5. The van der Waals surface area contributed by atoms with Crippen molar-refractivity contribution in [3.8, 4) is 0 Å². The molecular weight excluding hydrogens is 390 g/mol. The Kier molecular flexibility index (Phi) is 4.90. The number of H-pyrrole nitrogens is 1. The third-order valence-corrected chi connectivity index (χ3v) is 4.64. The lowest BCUT2D eigenvalue weighted by Gasteiger charge is -2.32. The monoisotopic (exact) mass is 403 g/mol. The summed E-state index contributed by atoms with van der Waals surface area (Å²) in [5.74, 6) is -1.38. The molecule has 2 amide bonds. The number of nitrogens with zero attached hydrogens (tertiary/aromatic N) is 1. The van der Waals surface area contributed by atoms with Gasteiger partial charge in [0.05, 0.1) is 16.3 Å². The number of urea groups is 1. The lowest BCUT2D eigenvalue weighted by atomic mass is 9.93. The Hall–Kier alpha value is -2.55. The molecule has 1 atom stereocenters. The quantitative estimate of drug-likeness (QED) is 0.696. The van der Waals surface area contributed by atoms with E-state index in [1.165, 1.54) is 17.2 Å². The second-order valence-corrected chi connectivity index (χ2v) is 6.71. The number of hydrogen-bond donors (Lipinski definition) is 2. The van der Waals surface area contributed by atoms with Crippen molar-refractivity contribution in [3.05, 3.63) is 62.3 Å². The number of anilines is 1. The van der Waals surface area contributed by atoms with Crippen molar-refractivity contribution >= 4 is 23.3 Å². The third kappa shape index (κ3) is 3.92. The minimum atomic E-state index is -4.80. The Morgan fingerprint density at radius 3 is 2.70 bits per heavy atom. The fourth-order valence-electron chi connectivity index (χ4n) is 3.02. The van der Waals surface area contributed by atoms with E-state index in [0.717, 1.165) is 17.2 Å². The zero-order valence-electron chi connectivity index (χ0n) is 14.0. The standard InChI is InChI=1S/C17H14ClF4N3O2/c1-8-6-25(7-9-5-23-15(26)2-10(8)9)16(27)24-14-4-12(18)11(3-13(14)19)17(20,21)22/h2-5,8H,6-7H2,1H3,(H,23,26)(H,24,27)/t8-/m0/s1. The van der Waals surface area contributed by atoms with Crippen molar-refractivity contribution in [2.24, 2.45) is 0 Å². The van der Waals surface area contributed by atoms with Gasteiger partial charge in [-0.15, -0.1) is 0 Å². The molecule has 1 aromatic carbocycles. The maximum atomic E-state index is 14.0. The molecule has 144 valence electrons. The van der Waals surface area contributed by atoms with Crippen molar-refractivity contribution < 1.29 is 22.4 Å². The molecule has 1 aromatic heterocycles. The number of alkyl halides is 3. The summed E-state index contributed by atoms with van der Waals surface area (Å²) in [6.45, 7) is 2.25. The highest BCUT2D eigenvalue weighted by Crippen LogP contribution is 2.37. The number of rotatable bonds is 1. The Balaban J connectivity index is 1.81. The average molecular weight is 404 g/mol. The minimum absolute atomic E-state index is 0.136. The SMILES string of the molecule is C[C@H]1CN(C(=O)Nc2cc(Cl)c(C(F)(F)F)cc2F)Cc2c[nH]c(=O)cc21. The van der Waals surface area contributed by atoms with Gasteiger partial charge in [0.15, 0.2) is 0 Å². The molecule has 2 aromatic rings. The van der Waals surface area contributed by atoms with Gasteiger partial charge >= 0.3 is 12.2 Å². The van der Waals surface area contributed by atoms with Crippen LogP contribution in [0.2, 0.25) is 5.02 Å². The summed E-state index contributed by atoms with van der Waals surface area (Å²) >= 11 is 5.57. The van der Waals surface area contributed by atoms with Gasteiger partial charge in [0, 0.05) is 25.4 Å². The highest BCUT2D eigenvalue weighted by molar-refractivity contribution is 6.31. The molecule has 27 heavy (non-hydrogen) atoms. The van der Waals surface area contributed by atoms with Crippen LogP contribution in [-0.4, -0.2) is 22.5 Å². The summed E-state index contributed by atoms with van der Waals surface area (Å²) in [5, 5.41) is 1.54. The summed E-state index contributed by atoms with van der Waals surface area (Å²) in [6, 6.07) is 1.76. The lowest BCUT2D eigenvalue weighted by Crippen LogP contribution is -2.40. The van der Waals surface area contributed by atoms with E-state index in [2.05, 4.69) is 10.3 Å². The number of amides is 2. The molecule has 3 rings (SSSR count). The predicted octanol–water partition coefficient (Wildman–Crippen LogP) is 4.34. The van der Waals surface area contributed by atoms with Crippen LogP contribution in [0.5, 0.6) is 0 Å². The molecule has 2 heterocycles. The first-order valence-electron chi connectivity index (χ1n) is 7.90. The van der Waals surface area contributed by atoms with E-state index >= 15 is 0 Å². The van der Waals surface area contributed by atoms with Gasteiger partial charge in [-0.2, -0.15) is 13.2 Å². The van der Waals surface area contributed by atoms with Gasteiger partial charge in [-0.25, -0.2) is 9.18 Å². The number of hydrogen-bond acceptors (Lipinski definition) is 2. The summed E-state index contributed by atoms with van der Waals surface area (Å²) < 4.78 is 52.3. The molecule has 0 unspecified atom stereocenters. The van der Waals surface area contributed by atoms with Gasteiger partial charge < -0.3 is 15.2 Å². The van der Waals surface area contributed by atoms with Crippen LogP contribution in [-0.2, 0) is 12.7 Å². The number of nitrogens with one attached hydrogen (secondary N) is 2. The average Bonchev–Trinajstić information content (AvgIpc) is 2.57. The maximum Gasteiger partial charge on any atom is 0.417 e. The van der Waals surface area contributed by atoms with E-state index < -0.39 is 34.3 Å². The van der Waals surface area contributed by atoms with Crippen molar-refractivity contribution in [2.75, 3.05) is 11.9 Å². The van der Waals surface area contributed by atoms with Gasteiger partial charge in [0.1, 0.15) is 5.82 Å². The van der Waals surface area contributed by atoms with Crippen LogP contribution in [0.25, 0.3) is 0 Å². The zero-order valence-corrected chi connectivity index (χ0v) is 14.7. The molecule has 0 aliphatic carbocycles. The summed E-state index contributed by atoms with van der Waals surface area (Å²) in [6.07, 6.45) is -3.30. The molecular formula is C17H14ClF4N3O2. The molecule has 0 fully saturated rings. The van der Waals surface area contributed by atoms with Crippen LogP contribution >= 0.6 is 11.6 Å². The van der Waals surface area contributed by atoms with E-state index in [0.29, 0.717) is 0 Å². The summed E-state index contributed by atoms with van der Waals surface area (Å²) in [5.41, 5.74) is -0.469. The van der Waals surface area contributed by atoms with Gasteiger partial charge in [-0.1, -0.05) is 18.5 Å². The largest absolute Gasteiger partial charge is 0.417 e. The van der Waals surface area contributed by atoms with Crippen LogP contribution in [0.4, 0.5) is 28.0 Å². The van der Waals surface area contributed by atoms with Gasteiger partial charge in [0.2, 0.25) is 5.56 Å². The minimum Gasteiger partial charge on any atom is -0.329 e. The number of carbonyl (C=O) groups excluding carboxylic acids is 1. The number of aromatic amines is 1. The van der Waals surface area contributed by atoms with Crippen molar-refractivity contribution in [2.45, 2.75) is 25.6 Å². The Bertz CT molecular complexity index is 958. The van der Waals surface area contributed by atoms with Crippen LogP contribution in [0.3, 0.4) is 0 Å². The molecule has 0 saturated heterocycles. The fraction of sp³-hybridized carbons (Fsp3) is 0.294. The topological polar surface area (TPSA) is 65.2 Å². The van der Waals surface area contributed by atoms with Crippen LogP contribution < -0.4 is 10.9 Å². The number of pyridine rings is 1. The first-order valence-corrected chi connectivity index (χ1v) is 8.27. The third-order valence-electron chi connectivity index (χ3n) is 4.32. The number of benzene rings is 1. The molecule has 0 spiro atoms. The second kappa shape index (κ2) is 6.88. The van der Waals surface area contributed by atoms with Gasteiger partial charge in [0.25, 0.3) is 0 Å². The normalized spacial score (nSPS) is 16.8. The number of carbonyl (C=O) groups is 1. The lowest BCUT2D eigenvalue weighted by molar-refractivity contribution is -0.137. The first kappa shape index (κ1) is 19.2. The molecule has 0 bridgehead atoms. The second-order valence-electron chi connectivity index (χ2n) is 6.30. The summed E-state index contributed by atoms with van der Waals surface area (Å²) in [7, 11) is 0. The van der Waals surface area contributed by atoms with Crippen molar-refractivity contribution in [3.63, 3.8) is 0 Å². The molecule has 1 aliphatic rings. The Morgan fingerprint density at radius 2 is 2.04 bits per heavy atom. The molecule has 0 radical (unpaired) electrons. The molecule has 2 N–H and O–H groups in total. The number of fused-ring (bicyclic) bond motifs is 1. The Labute approximate surface area is 155 Å². The van der Waals surface area contributed by atoms with Gasteiger partial charge in [-0.3, -0.25) is 4.79 Å². The molecule has 5 nitrogen and oxygen atoms in total. The van der Waals surface area contributed by atoms with E-state index in [4.69, 9.17) is 11.6 Å².